The fourth-order valence-electron chi connectivity index (χ4n) is 2.08. The third-order valence-corrected chi connectivity index (χ3v) is 3.86. The summed E-state index contributed by atoms with van der Waals surface area (Å²) in [4.78, 5) is 14.4. The van der Waals surface area contributed by atoms with E-state index in [1.165, 1.54) is 12.1 Å². The molecule has 2 N–H and O–H groups in total. The van der Waals surface area contributed by atoms with Crippen molar-refractivity contribution in [1.82, 2.24) is 4.90 Å². The molecular weight excluding hydrogens is 299 g/mol. The summed E-state index contributed by atoms with van der Waals surface area (Å²) in [6.45, 7) is 0.491. The highest BCUT2D eigenvalue weighted by Crippen LogP contribution is 2.28. The predicted octanol–water partition coefficient (Wildman–Crippen LogP) is 2.69. The molecule has 0 saturated heterocycles. The second-order valence-electron chi connectivity index (χ2n) is 4.91. The molecule has 1 amide bonds. The molecule has 1 aliphatic rings. The highest BCUT2D eigenvalue weighted by Gasteiger charge is 2.32. The summed E-state index contributed by atoms with van der Waals surface area (Å²) in [5.41, 5.74) is 5.72. The molecule has 0 spiro atoms. The number of halogens is 2. The van der Waals surface area contributed by atoms with E-state index in [1.807, 2.05) is 0 Å². The molecule has 108 valence electrons. The van der Waals surface area contributed by atoms with Gasteiger partial charge in [-0.05, 0) is 25.0 Å². The average molecular weight is 315 g/mol. The molecule has 6 heteroatoms. The lowest BCUT2D eigenvalue weighted by molar-refractivity contribution is -0.131. The van der Waals surface area contributed by atoms with Crippen LogP contribution in [0, 0.1) is 5.82 Å². The highest BCUT2D eigenvalue weighted by molar-refractivity contribution is 7.80. The van der Waals surface area contributed by atoms with Crippen LogP contribution in [0.1, 0.15) is 24.8 Å². The average Bonchev–Trinajstić information content (AvgIpc) is 3.18. The summed E-state index contributed by atoms with van der Waals surface area (Å²) in [5, 5.41) is 0.281. The van der Waals surface area contributed by atoms with Crippen LogP contribution in [-0.4, -0.2) is 28.4 Å². The smallest absolute Gasteiger partial charge is 0.227 e. The molecule has 1 saturated carbocycles. The van der Waals surface area contributed by atoms with Crippen molar-refractivity contribution in [3.63, 3.8) is 0 Å². The number of hydrogen-bond donors (Lipinski definition) is 1. The minimum Gasteiger partial charge on any atom is -0.393 e. The van der Waals surface area contributed by atoms with E-state index in [1.54, 1.807) is 11.0 Å². The molecule has 0 aromatic heterocycles. The molecule has 20 heavy (non-hydrogen) atoms. The maximum atomic E-state index is 13.7. The lowest BCUT2D eigenvalue weighted by Crippen LogP contribution is -2.36. The Morgan fingerprint density at radius 3 is 2.75 bits per heavy atom. The molecule has 0 radical (unpaired) electrons. The van der Waals surface area contributed by atoms with Crippen molar-refractivity contribution in [2.75, 3.05) is 6.54 Å². The number of nitrogens with zero attached hydrogens (tertiary/aromatic N) is 1. The Kier molecular flexibility index (Phi) is 4.94. The van der Waals surface area contributed by atoms with Gasteiger partial charge in [-0.2, -0.15) is 0 Å². The van der Waals surface area contributed by atoms with Crippen molar-refractivity contribution in [2.45, 2.75) is 31.7 Å². The first-order chi connectivity index (χ1) is 9.49. The number of hydrogen-bond acceptors (Lipinski definition) is 2. The minimum atomic E-state index is -0.448. The largest absolute Gasteiger partial charge is 0.393 e. The fraction of sp³-hybridized carbons (Fsp3) is 0.429. The van der Waals surface area contributed by atoms with Gasteiger partial charge in [-0.25, -0.2) is 4.39 Å². The topological polar surface area (TPSA) is 46.3 Å². The standard InChI is InChI=1S/C14H16ClFN2OS/c15-11-2-1-3-12(16)10(11)8-14(19)18(9-4-5-9)7-6-13(17)20/h1-3,9H,4-8H2,(H2,17,20). The van der Waals surface area contributed by atoms with Gasteiger partial charge in [0.1, 0.15) is 5.82 Å². The van der Waals surface area contributed by atoms with E-state index in [9.17, 15) is 9.18 Å². The Hall–Kier alpha value is -1.20. The van der Waals surface area contributed by atoms with Crippen LogP contribution in [0.2, 0.25) is 5.02 Å². The summed E-state index contributed by atoms with van der Waals surface area (Å²) < 4.78 is 13.7. The predicted molar refractivity (Wildman–Crippen MR) is 81.3 cm³/mol. The first-order valence-electron chi connectivity index (χ1n) is 6.49. The van der Waals surface area contributed by atoms with E-state index in [0.717, 1.165) is 12.8 Å². The van der Waals surface area contributed by atoms with Gasteiger partial charge >= 0.3 is 0 Å². The first kappa shape index (κ1) is 15.2. The summed E-state index contributed by atoms with van der Waals surface area (Å²) in [7, 11) is 0. The Labute approximate surface area is 127 Å². The van der Waals surface area contributed by atoms with E-state index in [0.29, 0.717) is 18.0 Å². The second kappa shape index (κ2) is 6.50. The van der Waals surface area contributed by atoms with Crippen LogP contribution in [-0.2, 0) is 11.2 Å². The van der Waals surface area contributed by atoms with Crippen LogP contribution in [0.3, 0.4) is 0 Å². The van der Waals surface area contributed by atoms with Crippen LogP contribution >= 0.6 is 23.8 Å². The second-order valence-corrected chi connectivity index (χ2v) is 5.84. The van der Waals surface area contributed by atoms with Gasteiger partial charge in [-0.15, -0.1) is 0 Å². The highest BCUT2D eigenvalue weighted by atomic mass is 35.5. The van der Waals surface area contributed by atoms with Gasteiger partial charge in [0.2, 0.25) is 5.91 Å². The Morgan fingerprint density at radius 1 is 1.50 bits per heavy atom. The molecule has 0 heterocycles. The van der Waals surface area contributed by atoms with Gasteiger partial charge in [0.05, 0.1) is 11.4 Å². The maximum absolute atomic E-state index is 13.7. The zero-order valence-corrected chi connectivity index (χ0v) is 12.5. The number of carbonyl (C=O) groups excluding carboxylic acids is 1. The zero-order valence-electron chi connectivity index (χ0n) is 10.9. The van der Waals surface area contributed by atoms with E-state index in [-0.39, 0.29) is 29.0 Å². The molecule has 1 aromatic rings. The SMILES string of the molecule is NC(=S)CCN(C(=O)Cc1c(F)cccc1Cl)C1CC1. The summed E-state index contributed by atoms with van der Waals surface area (Å²) in [5.74, 6) is -0.577. The van der Waals surface area contributed by atoms with E-state index >= 15 is 0 Å². The van der Waals surface area contributed by atoms with Crippen LogP contribution in [0.15, 0.2) is 18.2 Å². The summed E-state index contributed by atoms with van der Waals surface area (Å²) >= 11 is 10.8. The quantitative estimate of drug-likeness (QED) is 0.821. The molecule has 1 fully saturated rings. The van der Waals surface area contributed by atoms with Crippen molar-refractivity contribution in [3.8, 4) is 0 Å². The molecule has 1 aromatic carbocycles. The van der Waals surface area contributed by atoms with Crippen LogP contribution in [0.4, 0.5) is 4.39 Å². The molecule has 0 aliphatic heterocycles. The molecule has 0 unspecified atom stereocenters. The molecule has 0 bridgehead atoms. The third kappa shape index (κ3) is 3.90. The van der Waals surface area contributed by atoms with Crippen molar-refractivity contribution >= 4 is 34.7 Å². The Bertz CT molecular complexity index is 514. The van der Waals surface area contributed by atoms with Gasteiger partial charge in [-0.3, -0.25) is 4.79 Å². The third-order valence-electron chi connectivity index (χ3n) is 3.30. The summed E-state index contributed by atoms with van der Waals surface area (Å²) in [6, 6.07) is 4.66. The fourth-order valence-corrected chi connectivity index (χ4v) is 2.40. The Morgan fingerprint density at radius 2 is 2.20 bits per heavy atom. The number of amides is 1. The van der Waals surface area contributed by atoms with Crippen LogP contribution in [0.5, 0.6) is 0 Å². The van der Waals surface area contributed by atoms with Crippen molar-refractivity contribution in [3.05, 3.63) is 34.6 Å². The molecule has 1 aliphatic carbocycles. The number of carbonyl (C=O) groups is 1. The molecule has 2 rings (SSSR count). The van der Waals surface area contributed by atoms with Crippen molar-refractivity contribution in [2.24, 2.45) is 5.73 Å². The number of thiocarbonyl (C=S) groups is 1. The zero-order chi connectivity index (χ0) is 14.7. The first-order valence-corrected chi connectivity index (χ1v) is 7.28. The summed E-state index contributed by atoms with van der Waals surface area (Å²) in [6.07, 6.45) is 2.42. The van der Waals surface area contributed by atoms with E-state index in [2.05, 4.69) is 0 Å². The van der Waals surface area contributed by atoms with Gasteiger partial charge in [0.15, 0.2) is 0 Å². The van der Waals surface area contributed by atoms with Crippen LogP contribution in [0.25, 0.3) is 0 Å². The minimum absolute atomic E-state index is 0.0284. The van der Waals surface area contributed by atoms with Gasteiger partial charge in [-0.1, -0.05) is 29.9 Å². The van der Waals surface area contributed by atoms with Gasteiger partial charge < -0.3 is 10.6 Å². The molecule has 0 atom stereocenters. The molecule has 3 nitrogen and oxygen atoms in total. The number of benzene rings is 1. The van der Waals surface area contributed by atoms with Gasteiger partial charge in [0.25, 0.3) is 0 Å². The van der Waals surface area contributed by atoms with E-state index < -0.39 is 5.82 Å². The van der Waals surface area contributed by atoms with E-state index in [4.69, 9.17) is 29.6 Å². The van der Waals surface area contributed by atoms with Gasteiger partial charge in [0, 0.05) is 29.6 Å². The number of rotatable bonds is 6. The maximum Gasteiger partial charge on any atom is 0.227 e. The lowest BCUT2D eigenvalue weighted by atomic mass is 10.1. The number of nitrogens with two attached hydrogens (primary N) is 1. The van der Waals surface area contributed by atoms with Crippen molar-refractivity contribution in [1.29, 1.82) is 0 Å². The van der Waals surface area contributed by atoms with Crippen LogP contribution < -0.4 is 5.73 Å². The Balaban J connectivity index is 2.06. The molecular formula is C14H16ClFN2OS. The monoisotopic (exact) mass is 314 g/mol. The lowest BCUT2D eigenvalue weighted by Gasteiger charge is -2.22. The normalized spacial score (nSPS) is 14.1. The van der Waals surface area contributed by atoms with Crippen molar-refractivity contribution < 1.29 is 9.18 Å².